The molecular formula is C24H30ClNO5S. The number of aromatic hydroxyl groups is 1. The van der Waals surface area contributed by atoms with Gasteiger partial charge in [-0.3, -0.25) is 4.79 Å². The van der Waals surface area contributed by atoms with Crippen LogP contribution in [0.15, 0.2) is 40.4 Å². The van der Waals surface area contributed by atoms with Gasteiger partial charge >= 0.3 is 5.97 Å². The fraction of sp³-hybridized carbons (Fsp3) is 0.458. The number of thioether (sulfide) groups is 1. The first kappa shape index (κ1) is 26.0. The summed E-state index contributed by atoms with van der Waals surface area (Å²) >= 11 is 7.90. The molecule has 174 valence electrons. The molecule has 1 unspecified atom stereocenters. The van der Waals surface area contributed by atoms with E-state index in [0.29, 0.717) is 48.0 Å². The molecule has 2 aromatic carbocycles. The van der Waals surface area contributed by atoms with Crippen LogP contribution in [0.2, 0.25) is 5.02 Å². The molecule has 0 radical (unpaired) electrons. The molecule has 0 saturated carbocycles. The number of phenolic OH excluding ortho intramolecular Hbond substituents is 1. The van der Waals surface area contributed by atoms with Crippen LogP contribution in [0.3, 0.4) is 0 Å². The minimum Gasteiger partial charge on any atom is -0.507 e. The lowest BCUT2D eigenvalue weighted by atomic mass is 9.98. The first-order valence-corrected chi connectivity index (χ1v) is 12.2. The van der Waals surface area contributed by atoms with Gasteiger partial charge in [-0.2, -0.15) is 4.91 Å². The summed E-state index contributed by atoms with van der Waals surface area (Å²) in [6.45, 7) is 6.11. The van der Waals surface area contributed by atoms with Gasteiger partial charge in [-0.1, -0.05) is 44.0 Å². The minimum absolute atomic E-state index is 0.112. The van der Waals surface area contributed by atoms with Gasteiger partial charge in [0.15, 0.2) is 0 Å². The molecule has 0 aliphatic carbocycles. The zero-order valence-electron chi connectivity index (χ0n) is 18.7. The van der Waals surface area contributed by atoms with E-state index >= 15 is 0 Å². The van der Waals surface area contributed by atoms with Crippen molar-refractivity contribution in [2.75, 3.05) is 12.4 Å². The third kappa shape index (κ3) is 7.14. The standard InChI is InChI=1S/C24H30ClNO5S/c1-4-8-18-21(11-10-17(24(18)28)20(5-2)26-29)30-13-7-14-32-22-12-9-16(15-19(22)25)31-23(27)6-3/h9-12,15,20,28H,4-8,13-14H2,1-3H3. The van der Waals surface area contributed by atoms with Gasteiger partial charge in [0.25, 0.3) is 0 Å². The molecule has 2 aromatic rings. The highest BCUT2D eigenvalue weighted by Gasteiger charge is 2.19. The monoisotopic (exact) mass is 479 g/mol. The maximum Gasteiger partial charge on any atom is 0.310 e. The van der Waals surface area contributed by atoms with E-state index in [1.165, 1.54) is 0 Å². The minimum atomic E-state index is -0.558. The van der Waals surface area contributed by atoms with Crippen LogP contribution in [-0.2, 0) is 11.2 Å². The lowest BCUT2D eigenvalue weighted by Gasteiger charge is -2.17. The van der Waals surface area contributed by atoms with Gasteiger partial charge in [0.05, 0.1) is 11.6 Å². The molecule has 8 heteroatoms. The fourth-order valence-electron chi connectivity index (χ4n) is 3.17. The Morgan fingerprint density at radius 1 is 1.22 bits per heavy atom. The molecule has 32 heavy (non-hydrogen) atoms. The van der Waals surface area contributed by atoms with E-state index < -0.39 is 6.04 Å². The number of nitroso groups, excluding NO2 is 1. The highest BCUT2D eigenvalue weighted by molar-refractivity contribution is 7.99. The van der Waals surface area contributed by atoms with Crippen molar-refractivity contribution in [3.63, 3.8) is 0 Å². The molecule has 0 heterocycles. The Labute approximate surface area is 198 Å². The Bertz CT molecular complexity index is 922. The van der Waals surface area contributed by atoms with Crippen molar-refractivity contribution >= 4 is 29.3 Å². The van der Waals surface area contributed by atoms with E-state index in [1.807, 2.05) is 26.0 Å². The second kappa shape index (κ2) is 13.3. The largest absolute Gasteiger partial charge is 0.507 e. The van der Waals surface area contributed by atoms with Crippen LogP contribution in [-0.4, -0.2) is 23.4 Å². The Hall–Kier alpha value is -2.25. The maximum atomic E-state index is 11.4. The molecule has 0 aromatic heterocycles. The number of esters is 1. The van der Waals surface area contributed by atoms with Crippen molar-refractivity contribution in [2.45, 2.75) is 63.8 Å². The van der Waals surface area contributed by atoms with Gasteiger partial charge in [-0.05, 0) is 43.5 Å². The fourth-order valence-corrected chi connectivity index (χ4v) is 4.35. The average Bonchev–Trinajstić information content (AvgIpc) is 2.78. The third-order valence-corrected chi connectivity index (χ3v) is 6.46. The van der Waals surface area contributed by atoms with Gasteiger partial charge in [0.1, 0.15) is 23.3 Å². The zero-order chi connectivity index (χ0) is 23.5. The van der Waals surface area contributed by atoms with Crippen molar-refractivity contribution in [1.82, 2.24) is 0 Å². The molecule has 0 fully saturated rings. The van der Waals surface area contributed by atoms with E-state index in [-0.39, 0.29) is 11.7 Å². The van der Waals surface area contributed by atoms with Crippen LogP contribution in [0.1, 0.15) is 63.6 Å². The highest BCUT2D eigenvalue weighted by Crippen LogP contribution is 2.38. The summed E-state index contributed by atoms with van der Waals surface area (Å²) in [4.78, 5) is 23.4. The number of nitrogens with zero attached hydrogens (tertiary/aromatic N) is 1. The molecule has 2 rings (SSSR count). The van der Waals surface area contributed by atoms with Gasteiger partial charge in [0, 0.05) is 34.3 Å². The first-order valence-electron chi connectivity index (χ1n) is 10.9. The van der Waals surface area contributed by atoms with Crippen molar-refractivity contribution < 1.29 is 19.4 Å². The van der Waals surface area contributed by atoms with Crippen molar-refractivity contribution in [3.8, 4) is 17.2 Å². The summed E-state index contributed by atoms with van der Waals surface area (Å²) in [5.74, 6) is 1.68. The Balaban J connectivity index is 1.93. The molecule has 0 saturated heterocycles. The normalized spacial score (nSPS) is 11.8. The van der Waals surface area contributed by atoms with Crippen LogP contribution in [0, 0.1) is 4.91 Å². The summed E-state index contributed by atoms with van der Waals surface area (Å²) in [5.41, 5.74) is 1.27. The highest BCUT2D eigenvalue weighted by atomic mass is 35.5. The Morgan fingerprint density at radius 3 is 2.62 bits per heavy atom. The number of carbonyl (C=O) groups excluding carboxylic acids is 1. The number of hydrogen-bond donors (Lipinski definition) is 1. The van der Waals surface area contributed by atoms with Crippen LogP contribution < -0.4 is 9.47 Å². The van der Waals surface area contributed by atoms with E-state index in [0.717, 1.165) is 29.1 Å². The summed E-state index contributed by atoms with van der Waals surface area (Å²) < 4.78 is 11.1. The van der Waals surface area contributed by atoms with E-state index in [2.05, 4.69) is 5.18 Å². The molecule has 0 aliphatic heterocycles. The predicted molar refractivity (Wildman–Crippen MR) is 129 cm³/mol. The van der Waals surface area contributed by atoms with Gasteiger partial charge in [-0.25, -0.2) is 0 Å². The zero-order valence-corrected chi connectivity index (χ0v) is 20.3. The van der Waals surface area contributed by atoms with Gasteiger partial charge in [-0.15, -0.1) is 11.8 Å². The van der Waals surface area contributed by atoms with E-state index in [9.17, 15) is 14.8 Å². The van der Waals surface area contributed by atoms with Gasteiger partial charge < -0.3 is 14.6 Å². The second-order valence-corrected chi connectivity index (χ2v) is 8.77. The average molecular weight is 480 g/mol. The first-order chi connectivity index (χ1) is 15.4. The summed E-state index contributed by atoms with van der Waals surface area (Å²) in [6.07, 6.45) is 3.11. The van der Waals surface area contributed by atoms with Crippen molar-refractivity contribution in [1.29, 1.82) is 0 Å². The van der Waals surface area contributed by atoms with Crippen LogP contribution in [0.25, 0.3) is 0 Å². The maximum absolute atomic E-state index is 11.4. The molecule has 0 amide bonds. The summed E-state index contributed by atoms with van der Waals surface area (Å²) in [6, 6.07) is 8.20. The van der Waals surface area contributed by atoms with Crippen molar-refractivity contribution in [3.05, 3.63) is 51.4 Å². The molecule has 0 aliphatic rings. The lowest BCUT2D eigenvalue weighted by Crippen LogP contribution is -2.05. The molecule has 1 N–H and O–H groups in total. The predicted octanol–water partition coefficient (Wildman–Crippen LogP) is 7.09. The number of phenols is 1. The number of carbonyl (C=O) groups is 1. The van der Waals surface area contributed by atoms with Crippen LogP contribution in [0.4, 0.5) is 0 Å². The molecule has 1 atom stereocenters. The Morgan fingerprint density at radius 2 is 2.00 bits per heavy atom. The number of halogens is 1. The van der Waals surface area contributed by atoms with Crippen molar-refractivity contribution in [2.24, 2.45) is 5.18 Å². The van der Waals surface area contributed by atoms with Gasteiger partial charge in [0.2, 0.25) is 0 Å². The molecular weight excluding hydrogens is 450 g/mol. The lowest BCUT2D eigenvalue weighted by molar-refractivity contribution is -0.134. The second-order valence-electron chi connectivity index (χ2n) is 7.23. The van der Waals surface area contributed by atoms with E-state index in [1.54, 1.807) is 36.9 Å². The number of ether oxygens (including phenoxy) is 2. The SMILES string of the molecule is CCCc1c(OCCCSc2ccc(OC(=O)CC)cc2Cl)ccc(C(CC)N=O)c1O. The smallest absolute Gasteiger partial charge is 0.310 e. The van der Waals surface area contributed by atoms with Crippen LogP contribution >= 0.6 is 23.4 Å². The van der Waals surface area contributed by atoms with Crippen LogP contribution in [0.5, 0.6) is 17.2 Å². The molecule has 0 spiro atoms. The number of benzene rings is 2. The Kier molecular flexibility index (Phi) is 10.8. The quantitative estimate of drug-likeness (QED) is 0.108. The summed E-state index contributed by atoms with van der Waals surface area (Å²) in [5, 5.41) is 14.3. The number of hydrogen-bond acceptors (Lipinski definition) is 7. The molecule has 0 bridgehead atoms. The summed E-state index contributed by atoms with van der Waals surface area (Å²) in [7, 11) is 0. The van der Waals surface area contributed by atoms with E-state index in [4.69, 9.17) is 21.1 Å². The topological polar surface area (TPSA) is 85.2 Å². The molecule has 6 nitrogen and oxygen atoms in total. The number of rotatable bonds is 13. The third-order valence-electron chi connectivity index (χ3n) is 4.87.